The van der Waals surface area contributed by atoms with E-state index in [0.29, 0.717) is 5.85 Å². The molecule has 0 aromatic heterocycles. The molecule has 4 heteroatoms. The van der Waals surface area contributed by atoms with Crippen LogP contribution < -0.4 is 0 Å². The summed E-state index contributed by atoms with van der Waals surface area (Å²) in [6.45, 7) is 17.5. The van der Waals surface area contributed by atoms with Crippen molar-refractivity contribution in [1.82, 2.24) is 0 Å². The molecule has 0 aliphatic carbocycles. The third-order valence-electron chi connectivity index (χ3n) is 2.91. The third-order valence-corrected chi connectivity index (χ3v) is 19.3. The van der Waals surface area contributed by atoms with E-state index in [0.717, 1.165) is 4.91 Å². The Labute approximate surface area is 98.8 Å². The van der Waals surface area contributed by atoms with Crippen molar-refractivity contribution >= 4 is 24.3 Å². The van der Waals surface area contributed by atoms with Crippen LogP contribution in [0.4, 0.5) is 0 Å². The van der Waals surface area contributed by atoms with Gasteiger partial charge in [-0.1, -0.05) is 52.6 Å². The highest BCUT2D eigenvalue weighted by Gasteiger charge is 2.53. The highest BCUT2D eigenvalue weighted by atomic mass is 31.2. The van der Waals surface area contributed by atoms with Crippen molar-refractivity contribution in [2.75, 3.05) is 0 Å². The van der Waals surface area contributed by atoms with Gasteiger partial charge in [0.1, 0.15) is 5.85 Å². The predicted octanol–water partition coefficient (Wildman–Crippen LogP) is 4.66. The van der Waals surface area contributed by atoms with Gasteiger partial charge in [-0.15, -0.1) is 0 Å². The molecule has 0 bridgehead atoms. The maximum absolute atomic E-state index is 6.01. The first-order chi connectivity index (χ1) is 6.68. The average Bonchev–Trinajstić information content (AvgIpc) is 2.61. The first-order valence-electron chi connectivity index (χ1n) is 6.13. The fourth-order valence-electron chi connectivity index (χ4n) is 2.83. The van der Waals surface area contributed by atoms with Crippen LogP contribution in [0.5, 0.6) is 0 Å². The molecule has 0 radical (unpaired) electrons. The van der Waals surface area contributed by atoms with Crippen LogP contribution in [0.1, 0.15) is 19.8 Å². The normalized spacial score (nSPS) is 27.2. The van der Waals surface area contributed by atoms with E-state index in [1.807, 2.05) is 0 Å². The third kappa shape index (κ3) is 3.66. The lowest BCUT2D eigenvalue weighted by Crippen LogP contribution is -2.51. The van der Waals surface area contributed by atoms with Gasteiger partial charge in [0, 0.05) is 0 Å². The number of hydrogen-bond donors (Lipinski definition) is 0. The largest absolute Gasteiger partial charge is 0.347 e. The van der Waals surface area contributed by atoms with Crippen molar-refractivity contribution in [2.45, 2.75) is 69.8 Å². The molecule has 0 spiro atoms. The monoisotopic (exact) mass is 262 g/mol. The second kappa shape index (κ2) is 4.60. The molecule has 90 valence electrons. The fourth-order valence-corrected chi connectivity index (χ4v) is 22.2. The molecule has 2 atom stereocenters. The van der Waals surface area contributed by atoms with Gasteiger partial charge in [0.15, 0.2) is 0 Å². The summed E-state index contributed by atoms with van der Waals surface area (Å²) in [5.74, 6) is 0.674. The number of rotatable bonds is 5. The predicted molar refractivity (Wildman–Crippen MR) is 77.2 cm³/mol. The molecule has 2 unspecified atom stereocenters. The lowest BCUT2D eigenvalue weighted by Gasteiger charge is -2.37. The topological polar surface area (TPSA) is 12.5 Å². The second-order valence-electron chi connectivity index (χ2n) is 6.84. The quantitative estimate of drug-likeness (QED) is 0.399. The molecule has 0 saturated carbocycles. The van der Waals surface area contributed by atoms with Crippen molar-refractivity contribution < 1.29 is 4.52 Å². The zero-order valence-electron chi connectivity index (χ0n) is 11.4. The van der Waals surface area contributed by atoms with Gasteiger partial charge >= 0.3 is 0 Å². The number of hydrogen-bond acceptors (Lipinski definition) is 1. The molecule has 1 nitrogen and oxygen atoms in total. The van der Waals surface area contributed by atoms with E-state index in [1.54, 1.807) is 0 Å². The Kier molecular flexibility index (Phi) is 4.26. The van der Waals surface area contributed by atoms with Crippen LogP contribution >= 0.6 is 8.15 Å². The van der Waals surface area contributed by atoms with E-state index in [-0.39, 0.29) is 8.15 Å². The van der Waals surface area contributed by atoms with Gasteiger partial charge in [-0.3, -0.25) is 0 Å². The highest BCUT2D eigenvalue weighted by Crippen LogP contribution is 2.69. The molecule has 1 rings (SSSR count). The first kappa shape index (κ1) is 13.9. The Morgan fingerprint density at radius 2 is 1.53 bits per heavy atom. The Hall–Kier alpha value is 0.824. The fraction of sp³-hybridized carbons (Fsp3) is 1.00. The molecule has 0 aromatic carbocycles. The average molecular weight is 262 g/mol. The van der Waals surface area contributed by atoms with Gasteiger partial charge < -0.3 is 4.52 Å². The van der Waals surface area contributed by atoms with Gasteiger partial charge in [0.05, 0.1) is 24.3 Å². The maximum Gasteiger partial charge on any atom is 0.105 e. The lowest BCUT2D eigenvalue weighted by molar-refractivity contribution is 0.435. The van der Waals surface area contributed by atoms with Gasteiger partial charge in [0.25, 0.3) is 0 Å². The van der Waals surface area contributed by atoms with Crippen LogP contribution in [0.2, 0.25) is 39.3 Å². The van der Waals surface area contributed by atoms with Crippen LogP contribution in [0, 0.1) is 0 Å². The zero-order valence-corrected chi connectivity index (χ0v) is 14.3. The Bertz CT molecular complexity index is 206. The van der Waals surface area contributed by atoms with Gasteiger partial charge in [0.2, 0.25) is 0 Å². The molecule has 0 N–H and O–H groups in total. The van der Waals surface area contributed by atoms with Crippen molar-refractivity contribution in [1.29, 1.82) is 0 Å². The molecule has 1 aliphatic heterocycles. The van der Waals surface area contributed by atoms with Crippen LogP contribution in [-0.2, 0) is 4.52 Å². The molecule has 1 fully saturated rings. The summed E-state index contributed by atoms with van der Waals surface area (Å²) in [6, 6.07) is 0. The molecule has 1 saturated heterocycles. The van der Waals surface area contributed by atoms with E-state index >= 15 is 0 Å². The lowest BCUT2D eigenvalue weighted by atomic mass is 10.4. The van der Waals surface area contributed by atoms with Crippen LogP contribution in [0.15, 0.2) is 0 Å². The standard InChI is InChI=1S/C11H27OPSi2/c1-8-9-10-12-13(10)11(14(2,3)4)15(5,6)7/h10-11H,8-9H2,1-7H3. The SMILES string of the molecule is CCCC1OP1C([Si](C)(C)C)[Si](C)(C)C. The van der Waals surface area contributed by atoms with Crippen LogP contribution in [0.25, 0.3) is 0 Å². The summed E-state index contributed by atoms with van der Waals surface area (Å²) in [4.78, 5) is 0.997. The summed E-state index contributed by atoms with van der Waals surface area (Å²) >= 11 is 0. The summed E-state index contributed by atoms with van der Waals surface area (Å²) in [5, 5.41) is 0. The summed E-state index contributed by atoms with van der Waals surface area (Å²) in [7, 11) is -2.09. The minimum Gasteiger partial charge on any atom is -0.347 e. The molecular weight excluding hydrogens is 235 g/mol. The molecule has 15 heavy (non-hydrogen) atoms. The van der Waals surface area contributed by atoms with Gasteiger partial charge in [-0.25, -0.2) is 0 Å². The van der Waals surface area contributed by atoms with Crippen molar-refractivity contribution in [3.63, 3.8) is 0 Å². The zero-order chi connectivity index (χ0) is 11.9. The smallest absolute Gasteiger partial charge is 0.105 e. The Balaban J connectivity index is 2.69. The van der Waals surface area contributed by atoms with E-state index < -0.39 is 16.1 Å². The van der Waals surface area contributed by atoms with Crippen molar-refractivity contribution in [2.24, 2.45) is 0 Å². The van der Waals surface area contributed by atoms with Gasteiger partial charge in [-0.2, -0.15) is 0 Å². The van der Waals surface area contributed by atoms with E-state index in [4.69, 9.17) is 4.52 Å². The van der Waals surface area contributed by atoms with Gasteiger partial charge in [-0.05, 0) is 11.3 Å². The maximum atomic E-state index is 6.01. The summed E-state index contributed by atoms with van der Waals surface area (Å²) < 4.78 is 6.01. The van der Waals surface area contributed by atoms with E-state index in [2.05, 4.69) is 46.2 Å². The van der Waals surface area contributed by atoms with Crippen LogP contribution in [-0.4, -0.2) is 26.9 Å². The molecule has 0 amide bonds. The molecule has 1 aliphatic rings. The molecular formula is C11H27OPSi2. The van der Waals surface area contributed by atoms with E-state index in [1.165, 1.54) is 12.8 Å². The summed E-state index contributed by atoms with van der Waals surface area (Å²) in [5.41, 5.74) is 0. The van der Waals surface area contributed by atoms with Crippen molar-refractivity contribution in [3.8, 4) is 0 Å². The van der Waals surface area contributed by atoms with E-state index in [9.17, 15) is 0 Å². The van der Waals surface area contributed by atoms with Crippen molar-refractivity contribution in [3.05, 3.63) is 0 Å². The summed E-state index contributed by atoms with van der Waals surface area (Å²) in [6.07, 6.45) is 2.59. The Morgan fingerprint density at radius 3 is 1.87 bits per heavy atom. The Morgan fingerprint density at radius 1 is 1.07 bits per heavy atom. The van der Waals surface area contributed by atoms with Crippen LogP contribution in [0.3, 0.4) is 0 Å². The molecule has 0 aromatic rings. The minimum atomic E-state index is -1.03. The second-order valence-corrected chi connectivity index (χ2v) is 21.0. The highest BCUT2D eigenvalue weighted by molar-refractivity contribution is 7.66. The molecule has 1 heterocycles. The minimum absolute atomic E-state index is 0.0359. The first-order valence-corrected chi connectivity index (χ1v) is 14.7.